The number of fused-ring (bicyclic) bond motifs is 3. The van der Waals surface area contributed by atoms with Crippen LogP contribution in [-0.4, -0.2) is 34.9 Å². The van der Waals surface area contributed by atoms with Crippen molar-refractivity contribution in [2.45, 2.75) is 46.1 Å². The molecule has 3 rings (SSSR count). The van der Waals surface area contributed by atoms with Gasteiger partial charge in [0.1, 0.15) is 0 Å². The third-order valence-corrected chi connectivity index (χ3v) is 4.74. The smallest absolute Gasteiger partial charge is 0.233 e. The van der Waals surface area contributed by atoms with Crippen molar-refractivity contribution < 1.29 is 0 Å². The van der Waals surface area contributed by atoms with Gasteiger partial charge in [-0.2, -0.15) is 0 Å². The first-order valence-corrected chi connectivity index (χ1v) is 9.23. The molecular formula is C18H26ClN5. The molecule has 6 heteroatoms. The van der Waals surface area contributed by atoms with E-state index in [1.807, 2.05) is 12.1 Å². The van der Waals surface area contributed by atoms with E-state index in [4.69, 9.17) is 11.6 Å². The second-order valence-corrected chi connectivity index (χ2v) is 6.90. The molecule has 130 valence electrons. The van der Waals surface area contributed by atoms with E-state index in [0.717, 1.165) is 55.1 Å². The van der Waals surface area contributed by atoms with Crippen LogP contribution in [0.25, 0.3) is 5.69 Å². The van der Waals surface area contributed by atoms with Crippen LogP contribution in [0.3, 0.4) is 0 Å². The number of benzene rings is 1. The second kappa shape index (κ2) is 7.43. The molecule has 2 aromatic rings. The Morgan fingerprint density at radius 2 is 1.83 bits per heavy atom. The van der Waals surface area contributed by atoms with E-state index in [0.29, 0.717) is 0 Å². The van der Waals surface area contributed by atoms with Crippen molar-refractivity contribution in [3.05, 3.63) is 28.8 Å². The van der Waals surface area contributed by atoms with Crippen molar-refractivity contribution in [1.82, 2.24) is 14.8 Å². The van der Waals surface area contributed by atoms with Gasteiger partial charge in [0.05, 0.1) is 5.69 Å². The van der Waals surface area contributed by atoms with Crippen molar-refractivity contribution in [1.29, 1.82) is 0 Å². The minimum Gasteiger partial charge on any atom is -0.341 e. The Morgan fingerprint density at radius 1 is 1.12 bits per heavy atom. The van der Waals surface area contributed by atoms with Crippen LogP contribution in [0.2, 0.25) is 5.02 Å². The number of hydrogen-bond donors (Lipinski definition) is 0. The van der Waals surface area contributed by atoms with Gasteiger partial charge in [-0.1, -0.05) is 38.3 Å². The fourth-order valence-corrected chi connectivity index (χ4v) is 3.37. The summed E-state index contributed by atoms with van der Waals surface area (Å²) in [5.41, 5.74) is 2.36. The van der Waals surface area contributed by atoms with Gasteiger partial charge >= 0.3 is 0 Å². The van der Waals surface area contributed by atoms with Crippen LogP contribution in [0.1, 0.15) is 45.1 Å². The topological polar surface area (TPSA) is 37.2 Å². The summed E-state index contributed by atoms with van der Waals surface area (Å²) >= 11 is 6.20. The van der Waals surface area contributed by atoms with E-state index in [1.165, 1.54) is 18.4 Å². The third-order valence-electron chi connectivity index (χ3n) is 4.51. The number of aromatic nitrogens is 3. The highest BCUT2D eigenvalue weighted by Gasteiger charge is 2.27. The van der Waals surface area contributed by atoms with Gasteiger partial charge in [0.15, 0.2) is 0 Å². The molecule has 1 aliphatic rings. The van der Waals surface area contributed by atoms with Crippen LogP contribution in [0.15, 0.2) is 18.2 Å². The first-order chi connectivity index (χ1) is 11.7. The molecule has 1 aliphatic heterocycles. The molecule has 0 aliphatic carbocycles. The highest BCUT2D eigenvalue weighted by molar-refractivity contribution is 6.30. The fraction of sp³-hybridized carbons (Fsp3) is 0.556. The monoisotopic (exact) mass is 347 g/mol. The van der Waals surface area contributed by atoms with Crippen molar-refractivity contribution in [3.63, 3.8) is 0 Å². The summed E-state index contributed by atoms with van der Waals surface area (Å²) < 4.78 is 2.18. The summed E-state index contributed by atoms with van der Waals surface area (Å²) in [7, 11) is 2.05. The number of rotatable bonds is 7. The summed E-state index contributed by atoms with van der Waals surface area (Å²) in [6.45, 7) is 7.28. The molecule has 24 heavy (non-hydrogen) atoms. The highest BCUT2D eigenvalue weighted by Crippen LogP contribution is 2.34. The van der Waals surface area contributed by atoms with E-state index in [9.17, 15) is 0 Å². The fourth-order valence-electron chi connectivity index (χ4n) is 3.17. The Labute approximate surface area is 149 Å². The number of unbranched alkanes of at least 4 members (excludes halogenated alkanes) is 2. The zero-order chi connectivity index (χ0) is 17.1. The maximum absolute atomic E-state index is 6.20. The number of nitrogens with zero attached hydrogens (tertiary/aromatic N) is 5. The number of anilines is 2. The average molecular weight is 348 g/mol. The van der Waals surface area contributed by atoms with Crippen molar-refractivity contribution in [2.24, 2.45) is 0 Å². The van der Waals surface area contributed by atoms with Gasteiger partial charge in [-0.25, -0.2) is 4.57 Å². The van der Waals surface area contributed by atoms with Gasteiger partial charge in [0, 0.05) is 31.7 Å². The summed E-state index contributed by atoms with van der Waals surface area (Å²) in [6.07, 6.45) is 4.68. The summed E-state index contributed by atoms with van der Waals surface area (Å²) in [4.78, 5) is 4.51. The molecule has 0 bridgehead atoms. The van der Waals surface area contributed by atoms with Crippen LogP contribution >= 0.6 is 11.6 Å². The molecule has 0 atom stereocenters. The second-order valence-electron chi connectivity index (χ2n) is 6.46. The lowest BCUT2D eigenvalue weighted by Crippen LogP contribution is -2.31. The molecule has 0 fully saturated rings. The van der Waals surface area contributed by atoms with E-state index in [1.54, 1.807) is 0 Å². The molecule has 0 saturated carbocycles. The molecule has 0 saturated heterocycles. The minimum atomic E-state index is 0.772. The standard InChI is InChI=1S/C18H26ClN5/c1-4-6-10-23(11-7-5-2)18-21-20-17-22(3)13-14-12-15(19)8-9-16(14)24(17)18/h8-9,12H,4-7,10-11,13H2,1-3H3. The Kier molecular flexibility index (Phi) is 5.29. The van der Waals surface area contributed by atoms with Crippen molar-refractivity contribution in [2.75, 3.05) is 29.9 Å². The van der Waals surface area contributed by atoms with Crippen LogP contribution in [0.4, 0.5) is 11.9 Å². The lowest BCUT2D eigenvalue weighted by atomic mass is 10.1. The maximum Gasteiger partial charge on any atom is 0.233 e. The average Bonchev–Trinajstić information content (AvgIpc) is 3.00. The normalized spacial score (nSPS) is 12.9. The number of hydrogen-bond acceptors (Lipinski definition) is 4. The molecular weight excluding hydrogens is 322 g/mol. The van der Waals surface area contributed by atoms with E-state index in [-0.39, 0.29) is 0 Å². The van der Waals surface area contributed by atoms with Gasteiger partial charge in [0.25, 0.3) is 0 Å². The predicted molar refractivity (Wildman–Crippen MR) is 101 cm³/mol. The van der Waals surface area contributed by atoms with Crippen LogP contribution in [0, 0.1) is 0 Å². The molecule has 2 heterocycles. The van der Waals surface area contributed by atoms with Crippen molar-refractivity contribution >= 4 is 23.5 Å². The largest absolute Gasteiger partial charge is 0.341 e. The lowest BCUT2D eigenvalue weighted by Gasteiger charge is -2.30. The Balaban J connectivity index is 2.03. The minimum absolute atomic E-state index is 0.772. The zero-order valence-corrected chi connectivity index (χ0v) is 15.6. The Bertz CT molecular complexity index is 689. The van der Waals surface area contributed by atoms with Gasteiger partial charge in [0.2, 0.25) is 11.9 Å². The Hall–Kier alpha value is -1.75. The van der Waals surface area contributed by atoms with Crippen LogP contribution in [-0.2, 0) is 6.54 Å². The van der Waals surface area contributed by atoms with Gasteiger partial charge < -0.3 is 9.80 Å². The zero-order valence-electron chi connectivity index (χ0n) is 14.8. The first kappa shape index (κ1) is 17.1. The first-order valence-electron chi connectivity index (χ1n) is 8.86. The van der Waals surface area contributed by atoms with E-state index < -0.39 is 0 Å². The summed E-state index contributed by atoms with van der Waals surface area (Å²) in [5.74, 6) is 1.85. The molecule has 0 radical (unpaired) electrons. The molecule has 1 aromatic heterocycles. The van der Waals surface area contributed by atoms with E-state index in [2.05, 4.69) is 51.5 Å². The maximum atomic E-state index is 6.20. The predicted octanol–water partition coefficient (Wildman–Crippen LogP) is 4.28. The lowest BCUT2D eigenvalue weighted by molar-refractivity contribution is 0.655. The summed E-state index contributed by atoms with van der Waals surface area (Å²) in [5, 5.41) is 9.77. The van der Waals surface area contributed by atoms with Crippen LogP contribution in [0.5, 0.6) is 0 Å². The highest BCUT2D eigenvalue weighted by atomic mass is 35.5. The molecule has 5 nitrogen and oxygen atoms in total. The number of halogens is 1. The molecule has 1 aromatic carbocycles. The molecule has 0 spiro atoms. The summed E-state index contributed by atoms with van der Waals surface area (Å²) in [6, 6.07) is 6.07. The Morgan fingerprint density at radius 3 is 2.50 bits per heavy atom. The van der Waals surface area contributed by atoms with Gasteiger partial charge in [-0.15, -0.1) is 10.2 Å². The molecule has 0 amide bonds. The molecule has 0 unspecified atom stereocenters. The van der Waals surface area contributed by atoms with Gasteiger partial charge in [-0.05, 0) is 36.6 Å². The SMILES string of the molecule is CCCCN(CCCC)c1nnc2n1-c1ccc(Cl)cc1CN2C. The van der Waals surface area contributed by atoms with Crippen LogP contribution < -0.4 is 9.80 Å². The van der Waals surface area contributed by atoms with E-state index >= 15 is 0 Å². The van der Waals surface area contributed by atoms with Gasteiger partial charge in [-0.3, -0.25) is 0 Å². The third kappa shape index (κ3) is 3.22. The quantitative estimate of drug-likeness (QED) is 0.749. The molecule has 0 N–H and O–H groups in total. The van der Waals surface area contributed by atoms with Crippen molar-refractivity contribution in [3.8, 4) is 5.69 Å².